The van der Waals surface area contributed by atoms with Crippen molar-refractivity contribution in [2.45, 2.75) is 20.8 Å². The Morgan fingerprint density at radius 3 is 1.05 bits per heavy atom. The van der Waals surface area contributed by atoms with E-state index >= 15 is 0 Å². The van der Waals surface area contributed by atoms with Crippen LogP contribution in [0.1, 0.15) is 20.8 Å². The molecule has 0 amide bonds. The van der Waals surface area contributed by atoms with E-state index in [0.29, 0.717) is 0 Å². The molecule has 0 spiro atoms. The maximum absolute atomic E-state index is 6.01. The fraction of sp³-hybridized carbons (Fsp3) is 1.00. The zero-order valence-corrected chi connectivity index (χ0v) is 18.8. The Balaban J connectivity index is 5.00. The van der Waals surface area contributed by atoms with Crippen molar-refractivity contribution < 1.29 is 10.7 Å². The van der Waals surface area contributed by atoms with Gasteiger partial charge in [0.05, 0.1) is 0 Å². The molecule has 0 aliphatic carbocycles. The van der Waals surface area contributed by atoms with Crippen LogP contribution in [-0.2, 0) is 46.1 Å². The van der Waals surface area contributed by atoms with Crippen molar-refractivity contribution >= 4 is 69.4 Å². The summed E-state index contributed by atoms with van der Waals surface area (Å²) in [4.78, 5) is 0. The van der Waals surface area contributed by atoms with Gasteiger partial charge < -0.3 is 10.7 Å². The first-order valence-electron chi connectivity index (χ1n) is 6.21. The molecule has 0 saturated heterocycles. The Morgan fingerprint density at radius 2 is 0.895 bits per heavy atom. The second kappa shape index (κ2) is 8.85. The van der Waals surface area contributed by atoms with Gasteiger partial charge in [0.25, 0.3) is 0 Å². The molecule has 0 aliphatic heterocycles. The van der Waals surface area contributed by atoms with Gasteiger partial charge in [-0.2, -0.15) is 0 Å². The van der Waals surface area contributed by atoms with Crippen LogP contribution in [0, 0.1) is 0 Å². The summed E-state index contributed by atoms with van der Waals surface area (Å²) in [5, 5.41) is 0. The first kappa shape index (κ1) is 21.4. The number of rotatable bonds is 9. The van der Waals surface area contributed by atoms with Crippen LogP contribution in [0.15, 0.2) is 0 Å². The van der Waals surface area contributed by atoms with E-state index < -0.39 is 33.9 Å². The van der Waals surface area contributed by atoms with Gasteiger partial charge in [-0.25, -0.2) is 0 Å². The molecule has 0 heterocycles. The zero-order chi connectivity index (χ0) is 15.3. The van der Waals surface area contributed by atoms with E-state index in [1.165, 1.54) is 0 Å². The van der Waals surface area contributed by atoms with Crippen LogP contribution in [0.3, 0.4) is 0 Å². The summed E-state index contributed by atoms with van der Waals surface area (Å²) < 4.78 is 18.0. The van der Waals surface area contributed by atoms with Crippen molar-refractivity contribution in [1.29, 1.82) is 0 Å². The van der Waals surface area contributed by atoms with Gasteiger partial charge in [0, 0.05) is 18.8 Å². The summed E-state index contributed by atoms with van der Waals surface area (Å²) in [5.74, 6) is 0. The van der Waals surface area contributed by atoms with Gasteiger partial charge in [-0.1, -0.05) is 56.2 Å². The molecule has 0 aromatic carbocycles. The minimum atomic E-state index is -2.33. The summed E-state index contributed by atoms with van der Waals surface area (Å²) in [6, 6.07) is 0. The average Bonchev–Trinajstić information content (AvgIpc) is 2.27. The van der Waals surface area contributed by atoms with Crippen LogP contribution in [-0.4, -0.2) is 53.6 Å². The normalized spacial score (nSPS) is 21.2. The maximum atomic E-state index is 6.01. The van der Waals surface area contributed by atoms with Gasteiger partial charge >= 0.3 is 15.1 Å². The Hall–Kier alpha value is 2.36. The van der Waals surface area contributed by atoms with Crippen molar-refractivity contribution in [3.8, 4) is 0 Å². The lowest BCUT2D eigenvalue weighted by molar-refractivity contribution is 0.352. The molecule has 19 heavy (non-hydrogen) atoms. The van der Waals surface area contributed by atoms with E-state index in [0.717, 1.165) is 18.5 Å². The predicted octanol–water partition coefficient (Wildman–Crippen LogP) is 4.15. The Labute approximate surface area is 138 Å². The van der Waals surface area contributed by atoms with Crippen LogP contribution < -0.4 is 0 Å². The molecule has 0 saturated carbocycles. The van der Waals surface area contributed by atoms with Gasteiger partial charge in [0.15, 0.2) is 0 Å². The molecule has 0 radical (unpaired) electrons. The minimum Gasteiger partial charge on any atom is -0.426 e. The largest absolute Gasteiger partial charge is 0.917 e. The van der Waals surface area contributed by atoms with Crippen LogP contribution >= 0.6 is 18.8 Å². The molecule has 10 heteroatoms. The van der Waals surface area contributed by atoms with Crippen molar-refractivity contribution in [1.82, 2.24) is 0 Å². The second-order valence-electron chi connectivity index (χ2n) is 4.60. The molecule has 0 N–H and O–H groups in total. The summed E-state index contributed by atoms with van der Waals surface area (Å²) in [6.45, 7) is 12.0. The molecular weight excluding hydrogens is 372 g/mol. The van der Waals surface area contributed by atoms with Crippen LogP contribution in [0.5, 0.6) is 0 Å². The highest BCUT2D eigenvalue weighted by atomic mass is 32.5. The molecule has 0 aliphatic rings. The third kappa shape index (κ3) is 9.88. The van der Waals surface area contributed by atoms with E-state index in [2.05, 4.69) is 0 Å². The van der Waals surface area contributed by atoms with Crippen LogP contribution in [0.25, 0.3) is 0 Å². The lowest BCUT2D eigenvalue weighted by Crippen LogP contribution is -2.24. The molecule has 3 nitrogen and oxygen atoms in total. The Morgan fingerprint density at radius 1 is 0.684 bits per heavy atom. The molecule has 114 valence electrons. The Kier molecular flexibility index (Phi) is 9.96. The summed E-state index contributed by atoms with van der Waals surface area (Å²) in [7, 11) is 0. The van der Waals surface area contributed by atoms with Crippen molar-refractivity contribution in [3.05, 3.63) is 0 Å². The standard InChI is InChI=1S/3C3H9OPS.Al/c3*1-3-5(2,4)6;/h3*3H2,1-2H3,(H,4,6);/q;;;+3/p-3. The zero-order valence-electron chi connectivity index (χ0n) is 12.5. The van der Waals surface area contributed by atoms with E-state index in [-0.39, 0.29) is 0 Å². The first-order valence-corrected chi connectivity index (χ1v) is 17.7. The second-order valence-corrected chi connectivity index (χ2v) is 22.6. The van der Waals surface area contributed by atoms with Crippen LogP contribution in [0.4, 0.5) is 0 Å². The van der Waals surface area contributed by atoms with E-state index in [1.807, 2.05) is 40.8 Å². The highest BCUT2D eigenvalue weighted by Gasteiger charge is 2.41. The molecule has 0 fully saturated rings. The molecule has 0 rings (SSSR count). The smallest absolute Gasteiger partial charge is 0.426 e. The lowest BCUT2D eigenvalue weighted by Gasteiger charge is -2.27. The van der Waals surface area contributed by atoms with Gasteiger partial charge in [-0.3, -0.25) is 0 Å². The summed E-state index contributed by atoms with van der Waals surface area (Å²) in [5.41, 5.74) is 0. The summed E-state index contributed by atoms with van der Waals surface area (Å²) in [6.07, 6.45) is -3.02. The van der Waals surface area contributed by atoms with Crippen LogP contribution in [0.2, 0.25) is 0 Å². The molecular formula is C9H24AlO3P3S3. The topological polar surface area (TPSA) is 27.7 Å². The van der Waals surface area contributed by atoms with Crippen molar-refractivity contribution in [3.63, 3.8) is 0 Å². The maximum Gasteiger partial charge on any atom is 0.917 e. The SMILES string of the molecule is CCP(C)(=S)[O][Al]([O]P(C)(=S)CC)[O]P(C)(=S)CC. The van der Waals surface area contributed by atoms with E-state index in [1.54, 1.807) is 0 Å². The van der Waals surface area contributed by atoms with E-state index in [4.69, 9.17) is 46.1 Å². The molecule has 0 bridgehead atoms. The van der Waals surface area contributed by atoms with Crippen molar-refractivity contribution in [2.24, 2.45) is 0 Å². The fourth-order valence-corrected chi connectivity index (χ4v) is 10.4. The quantitative estimate of drug-likeness (QED) is 0.429. The number of hydrogen-bond acceptors (Lipinski definition) is 6. The molecule has 3 unspecified atom stereocenters. The molecule has 3 atom stereocenters. The minimum absolute atomic E-state index is 0.829. The van der Waals surface area contributed by atoms with E-state index in [9.17, 15) is 0 Å². The highest BCUT2D eigenvalue weighted by Crippen LogP contribution is 2.52. The van der Waals surface area contributed by atoms with Gasteiger partial charge in [0.1, 0.15) is 0 Å². The van der Waals surface area contributed by atoms with Gasteiger partial charge in [-0.15, -0.1) is 0 Å². The molecule has 0 aromatic rings. The third-order valence-corrected chi connectivity index (χ3v) is 18.2. The highest BCUT2D eigenvalue weighted by molar-refractivity contribution is 8.14. The van der Waals surface area contributed by atoms with Gasteiger partial charge in [0.2, 0.25) is 0 Å². The third-order valence-electron chi connectivity index (χ3n) is 2.65. The lowest BCUT2D eigenvalue weighted by atomic mass is 11.0. The molecule has 0 aromatic heterocycles. The van der Waals surface area contributed by atoms with Gasteiger partial charge in [-0.05, 0) is 38.5 Å². The fourth-order valence-electron chi connectivity index (χ4n) is 0.828. The Bertz CT molecular complexity index is 370. The average molecular weight is 396 g/mol. The van der Waals surface area contributed by atoms with Crippen molar-refractivity contribution in [2.75, 3.05) is 38.5 Å². The predicted molar refractivity (Wildman–Crippen MR) is 101 cm³/mol. The monoisotopic (exact) mass is 396 g/mol. The summed E-state index contributed by atoms with van der Waals surface area (Å²) >= 11 is 14.1. The number of hydrogen-bond donors (Lipinski definition) is 0. The first-order chi connectivity index (χ1) is 8.47.